The quantitative estimate of drug-likeness (QED) is 0.792. The molecule has 0 bridgehead atoms. The predicted molar refractivity (Wildman–Crippen MR) is 70.4 cm³/mol. The second kappa shape index (κ2) is 6.62. The molecule has 0 fully saturated rings. The Morgan fingerprint density at radius 2 is 1.76 bits per heavy atom. The van der Waals surface area contributed by atoms with Gasteiger partial charge >= 0.3 is 0 Å². The van der Waals surface area contributed by atoms with E-state index >= 15 is 0 Å². The van der Waals surface area contributed by atoms with Crippen molar-refractivity contribution in [3.8, 4) is 5.75 Å². The lowest BCUT2D eigenvalue weighted by Crippen LogP contribution is -2.37. The molecule has 3 nitrogen and oxygen atoms in total. The van der Waals surface area contributed by atoms with E-state index in [1.807, 2.05) is 12.1 Å². The summed E-state index contributed by atoms with van der Waals surface area (Å²) < 4.78 is 10.2. The van der Waals surface area contributed by atoms with Crippen LogP contribution in [0.3, 0.4) is 0 Å². The van der Waals surface area contributed by atoms with Crippen LogP contribution < -0.4 is 10.5 Å². The zero-order chi connectivity index (χ0) is 12.7. The van der Waals surface area contributed by atoms with Gasteiger partial charge in [0.2, 0.25) is 0 Å². The summed E-state index contributed by atoms with van der Waals surface area (Å²) >= 11 is 0. The molecule has 0 spiro atoms. The van der Waals surface area contributed by atoms with E-state index in [1.165, 1.54) is 5.56 Å². The number of aryl methyl sites for hydroxylation is 1. The third-order valence-corrected chi connectivity index (χ3v) is 3.02. The first kappa shape index (κ1) is 14.0. The lowest BCUT2D eigenvalue weighted by atomic mass is 9.91. The average molecular weight is 237 g/mol. The van der Waals surface area contributed by atoms with Gasteiger partial charge in [0.25, 0.3) is 0 Å². The van der Waals surface area contributed by atoms with Crippen LogP contribution in [0.25, 0.3) is 0 Å². The van der Waals surface area contributed by atoms with Gasteiger partial charge in [-0.25, -0.2) is 0 Å². The lowest BCUT2D eigenvalue weighted by molar-refractivity contribution is 0.169. The normalized spacial score (nSPS) is 14.4. The zero-order valence-electron chi connectivity index (χ0n) is 11.0. The fourth-order valence-electron chi connectivity index (χ4n) is 1.68. The van der Waals surface area contributed by atoms with E-state index in [9.17, 15) is 0 Å². The molecule has 0 saturated heterocycles. The van der Waals surface area contributed by atoms with Crippen molar-refractivity contribution in [3.63, 3.8) is 0 Å². The average Bonchev–Trinajstić information content (AvgIpc) is 2.35. The van der Waals surface area contributed by atoms with Crippen LogP contribution in [0.2, 0.25) is 0 Å². The standard InChI is InChI=1S/C14H23NO2/c1-14(15,10-11-16-2)9-8-12-4-6-13(17-3)7-5-12/h4-7H,8-11,15H2,1-3H3. The molecule has 0 heterocycles. The van der Waals surface area contributed by atoms with Gasteiger partial charge in [-0.2, -0.15) is 0 Å². The summed E-state index contributed by atoms with van der Waals surface area (Å²) in [5, 5.41) is 0. The Labute approximate surface area is 104 Å². The Bertz CT molecular complexity index is 319. The van der Waals surface area contributed by atoms with E-state index in [0.29, 0.717) is 0 Å². The second-order valence-electron chi connectivity index (χ2n) is 4.74. The highest BCUT2D eigenvalue weighted by molar-refractivity contribution is 5.27. The maximum atomic E-state index is 6.20. The zero-order valence-corrected chi connectivity index (χ0v) is 11.0. The van der Waals surface area contributed by atoms with Crippen molar-refractivity contribution in [1.82, 2.24) is 0 Å². The summed E-state index contributed by atoms with van der Waals surface area (Å²) in [4.78, 5) is 0. The van der Waals surface area contributed by atoms with Crippen LogP contribution in [0.4, 0.5) is 0 Å². The van der Waals surface area contributed by atoms with Gasteiger partial charge in [-0.3, -0.25) is 0 Å². The van der Waals surface area contributed by atoms with Gasteiger partial charge < -0.3 is 15.2 Å². The van der Waals surface area contributed by atoms with Crippen LogP contribution >= 0.6 is 0 Å². The van der Waals surface area contributed by atoms with Crippen molar-refractivity contribution in [3.05, 3.63) is 29.8 Å². The van der Waals surface area contributed by atoms with E-state index in [1.54, 1.807) is 14.2 Å². The number of benzene rings is 1. The first-order chi connectivity index (χ1) is 8.07. The molecule has 1 unspecified atom stereocenters. The van der Waals surface area contributed by atoms with Gasteiger partial charge in [-0.15, -0.1) is 0 Å². The molecule has 17 heavy (non-hydrogen) atoms. The van der Waals surface area contributed by atoms with Gasteiger partial charge in [0.1, 0.15) is 5.75 Å². The van der Waals surface area contributed by atoms with Gasteiger partial charge in [-0.05, 0) is 43.9 Å². The van der Waals surface area contributed by atoms with E-state index in [0.717, 1.165) is 31.6 Å². The number of hydrogen-bond acceptors (Lipinski definition) is 3. The number of rotatable bonds is 7. The van der Waals surface area contributed by atoms with Gasteiger partial charge in [-0.1, -0.05) is 12.1 Å². The molecule has 1 rings (SSSR count). The Kier molecular flexibility index (Phi) is 5.45. The van der Waals surface area contributed by atoms with Crippen molar-refractivity contribution < 1.29 is 9.47 Å². The van der Waals surface area contributed by atoms with Gasteiger partial charge in [0.05, 0.1) is 7.11 Å². The van der Waals surface area contributed by atoms with E-state index in [4.69, 9.17) is 15.2 Å². The Morgan fingerprint density at radius 3 is 2.29 bits per heavy atom. The molecule has 0 aromatic heterocycles. The highest BCUT2D eigenvalue weighted by Crippen LogP contribution is 2.17. The second-order valence-corrected chi connectivity index (χ2v) is 4.74. The molecule has 1 atom stereocenters. The Balaban J connectivity index is 2.43. The number of ether oxygens (including phenoxy) is 2. The van der Waals surface area contributed by atoms with Crippen molar-refractivity contribution in [1.29, 1.82) is 0 Å². The molecule has 96 valence electrons. The molecule has 1 aromatic carbocycles. The fourth-order valence-corrected chi connectivity index (χ4v) is 1.68. The Hall–Kier alpha value is -1.06. The van der Waals surface area contributed by atoms with Crippen molar-refractivity contribution in [2.45, 2.75) is 31.7 Å². The summed E-state index contributed by atoms with van der Waals surface area (Å²) in [6, 6.07) is 8.15. The number of nitrogens with two attached hydrogens (primary N) is 1. The van der Waals surface area contributed by atoms with Crippen LogP contribution in [-0.4, -0.2) is 26.4 Å². The van der Waals surface area contributed by atoms with Crippen molar-refractivity contribution in [2.75, 3.05) is 20.8 Å². The lowest BCUT2D eigenvalue weighted by Gasteiger charge is -2.24. The molecule has 0 amide bonds. The van der Waals surface area contributed by atoms with Crippen molar-refractivity contribution >= 4 is 0 Å². The van der Waals surface area contributed by atoms with Gasteiger partial charge in [0.15, 0.2) is 0 Å². The van der Waals surface area contributed by atoms with Crippen LogP contribution in [0.15, 0.2) is 24.3 Å². The summed E-state index contributed by atoms with van der Waals surface area (Å²) in [6.45, 7) is 2.80. The van der Waals surface area contributed by atoms with Gasteiger partial charge in [0, 0.05) is 19.3 Å². The van der Waals surface area contributed by atoms with Crippen LogP contribution in [0.5, 0.6) is 5.75 Å². The molecule has 0 saturated carbocycles. The summed E-state index contributed by atoms with van der Waals surface area (Å²) in [6.07, 6.45) is 2.84. The van der Waals surface area contributed by atoms with Crippen LogP contribution in [0.1, 0.15) is 25.3 Å². The maximum Gasteiger partial charge on any atom is 0.118 e. The fraction of sp³-hybridized carbons (Fsp3) is 0.571. The molecule has 0 aliphatic heterocycles. The molecule has 3 heteroatoms. The summed E-state index contributed by atoms with van der Waals surface area (Å²) in [5.74, 6) is 0.892. The minimum atomic E-state index is -0.157. The van der Waals surface area contributed by atoms with Crippen LogP contribution in [0, 0.1) is 0 Å². The largest absolute Gasteiger partial charge is 0.497 e. The topological polar surface area (TPSA) is 44.5 Å². The minimum Gasteiger partial charge on any atom is -0.497 e. The number of methoxy groups -OCH3 is 2. The molecule has 0 radical (unpaired) electrons. The Morgan fingerprint density at radius 1 is 1.12 bits per heavy atom. The first-order valence-corrected chi connectivity index (χ1v) is 5.98. The summed E-state index contributed by atoms with van der Waals surface area (Å²) in [5.41, 5.74) is 7.34. The van der Waals surface area contributed by atoms with Crippen LogP contribution in [-0.2, 0) is 11.2 Å². The smallest absolute Gasteiger partial charge is 0.118 e. The van der Waals surface area contributed by atoms with E-state index in [2.05, 4.69) is 19.1 Å². The third-order valence-electron chi connectivity index (χ3n) is 3.02. The third kappa shape index (κ3) is 5.20. The molecule has 0 aliphatic carbocycles. The molecule has 2 N–H and O–H groups in total. The van der Waals surface area contributed by atoms with Crippen molar-refractivity contribution in [2.24, 2.45) is 5.73 Å². The SMILES string of the molecule is COCCC(C)(N)CCc1ccc(OC)cc1. The van der Waals surface area contributed by atoms with E-state index in [-0.39, 0.29) is 5.54 Å². The molecule has 1 aromatic rings. The number of hydrogen-bond donors (Lipinski definition) is 1. The maximum absolute atomic E-state index is 6.20. The summed E-state index contributed by atoms with van der Waals surface area (Å²) in [7, 11) is 3.39. The first-order valence-electron chi connectivity index (χ1n) is 5.98. The molecule has 0 aliphatic rings. The highest BCUT2D eigenvalue weighted by Gasteiger charge is 2.17. The highest BCUT2D eigenvalue weighted by atomic mass is 16.5. The predicted octanol–water partition coefficient (Wildman–Crippen LogP) is 2.38. The van der Waals surface area contributed by atoms with E-state index < -0.39 is 0 Å². The monoisotopic (exact) mass is 237 g/mol. The molecular weight excluding hydrogens is 214 g/mol. The molecular formula is C14H23NO2. The minimum absolute atomic E-state index is 0.157.